The molecule has 1 aromatic carbocycles. The lowest BCUT2D eigenvalue weighted by atomic mass is 10.2. The summed E-state index contributed by atoms with van der Waals surface area (Å²) in [7, 11) is 1.67. The molecule has 0 saturated carbocycles. The van der Waals surface area contributed by atoms with Crippen LogP contribution in [-0.4, -0.2) is 12.1 Å². The molecule has 1 atom stereocenters. The van der Waals surface area contributed by atoms with Crippen LogP contribution in [0.4, 0.5) is 0 Å². The Balaban J connectivity index is 2.34. The first kappa shape index (κ1) is 12.9. The highest BCUT2D eigenvalue weighted by Crippen LogP contribution is 2.36. The number of nitrogens with zero attached hydrogens (tertiary/aromatic N) is 1. The number of rotatable bonds is 4. The van der Waals surface area contributed by atoms with Gasteiger partial charge >= 0.3 is 0 Å². The van der Waals surface area contributed by atoms with Gasteiger partial charge < -0.3 is 10.5 Å². The molecule has 0 aliphatic carbocycles. The van der Waals surface area contributed by atoms with E-state index in [-0.39, 0.29) is 6.04 Å². The van der Waals surface area contributed by atoms with E-state index in [0.717, 1.165) is 21.2 Å². The molecule has 0 aliphatic rings. The zero-order chi connectivity index (χ0) is 13.0. The Morgan fingerprint density at radius 3 is 2.72 bits per heavy atom. The van der Waals surface area contributed by atoms with E-state index in [1.807, 2.05) is 43.3 Å². The third kappa shape index (κ3) is 2.83. The van der Waals surface area contributed by atoms with E-state index in [0.29, 0.717) is 0 Å². The van der Waals surface area contributed by atoms with Crippen molar-refractivity contribution < 1.29 is 4.74 Å². The molecule has 3 nitrogen and oxygen atoms in total. The number of methoxy groups -OCH3 is 1. The van der Waals surface area contributed by atoms with Gasteiger partial charge in [-0.1, -0.05) is 30.0 Å². The maximum atomic E-state index is 5.95. The number of benzene rings is 1. The molecule has 0 saturated heterocycles. The topological polar surface area (TPSA) is 48.1 Å². The fourth-order valence-corrected chi connectivity index (χ4v) is 2.73. The summed E-state index contributed by atoms with van der Waals surface area (Å²) in [6, 6.07) is 11.8. The van der Waals surface area contributed by atoms with Gasteiger partial charge in [0.25, 0.3) is 0 Å². The molecule has 2 aromatic rings. The van der Waals surface area contributed by atoms with Gasteiger partial charge in [-0.25, -0.2) is 4.98 Å². The summed E-state index contributed by atoms with van der Waals surface area (Å²) in [4.78, 5) is 5.44. The van der Waals surface area contributed by atoms with Gasteiger partial charge in [-0.2, -0.15) is 0 Å². The predicted octanol–water partition coefficient (Wildman–Crippen LogP) is 3.26. The lowest BCUT2D eigenvalue weighted by Crippen LogP contribution is -2.07. The van der Waals surface area contributed by atoms with E-state index in [9.17, 15) is 0 Å². The van der Waals surface area contributed by atoms with Gasteiger partial charge in [0.2, 0.25) is 0 Å². The monoisotopic (exact) mass is 260 g/mol. The van der Waals surface area contributed by atoms with E-state index in [1.54, 1.807) is 25.1 Å². The van der Waals surface area contributed by atoms with E-state index < -0.39 is 0 Å². The molecule has 2 N–H and O–H groups in total. The summed E-state index contributed by atoms with van der Waals surface area (Å²) in [6.07, 6.45) is 1.78. The van der Waals surface area contributed by atoms with Crippen molar-refractivity contribution in [1.82, 2.24) is 4.98 Å². The van der Waals surface area contributed by atoms with Gasteiger partial charge in [0.1, 0.15) is 10.8 Å². The largest absolute Gasteiger partial charge is 0.496 e. The van der Waals surface area contributed by atoms with Crippen LogP contribution in [0.1, 0.15) is 18.5 Å². The van der Waals surface area contributed by atoms with Gasteiger partial charge in [0.05, 0.1) is 12.0 Å². The minimum atomic E-state index is -0.0316. The van der Waals surface area contributed by atoms with Gasteiger partial charge in [0.15, 0.2) is 0 Å². The van der Waals surface area contributed by atoms with Crippen LogP contribution >= 0.6 is 11.8 Å². The Morgan fingerprint density at radius 2 is 2.00 bits per heavy atom. The van der Waals surface area contributed by atoms with Crippen LogP contribution in [-0.2, 0) is 0 Å². The zero-order valence-corrected chi connectivity index (χ0v) is 11.3. The number of hydrogen-bond donors (Lipinski definition) is 1. The third-order valence-electron chi connectivity index (χ3n) is 2.57. The zero-order valence-electron chi connectivity index (χ0n) is 10.5. The molecule has 4 heteroatoms. The number of nitrogens with two attached hydrogens (primary N) is 1. The molecule has 0 bridgehead atoms. The number of hydrogen-bond acceptors (Lipinski definition) is 4. The van der Waals surface area contributed by atoms with Crippen molar-refractivity contribution in [2.24, 2.45) is 5.73 Å². The van der Waals surface area contributed by atoms with Crippen LogP contribution in [0.5, 0.6) is 5.75 Å². The summed E-state index contributed by atoms with van der Waals surface area (Å²) >= 11 is 1.58. The molecule has 0 spiro atoms. The summed E-state index contributed by atoms with van der Waals surface area (Å²) in [6.45, 7) is 1.96. The summed E-state index contributed by atoms with van der Waals surface area (Å²) in [5, 5.41) is 0.928. The Morgan fingerprint density at radius 1 is 1.22 bits per heavy atom. The summed E-state index contributed by atoms with van der Waals surface area (Å²) in [5.74, 6) is 0.851. The van der Waals surface area contributed by atoms with Crippen LogP contribution < -0.4 is 10.5 Å². The average molecular weight is 260 g/mol. The number of para-hydroxylation sites is 1. The molecule has 0 amide bonds. The Kier molecular flexibility index (Phi) is 4.23. The number of pyridine rings is 1. The quantitative estimate of drug-likeness (QED) is 0.916. The highest BCUT2D eigenvalue weighted by Gasteiger charge is 2.11. The molecule has 18 heavy (non-hydrogen) atoms. The van der Waals surface area contributed by atoms with E-state index >= 15 is 0 Å². The molecule has 1 aromatic heterocycles. The van der Waals surface area contributed by atoms with Crippen LogP contribution in [0.2, 0.25) is 0 Å². The SMILES string of the molecule is COc1ccccc1Sc1ncccc1[C@H](C)N. The van der Waals surface area contributed by atoms with E-state index in [1.165, 1.54) is 0 Å². The van der Waals surface area contributed by atoms with Gasteiger partial charge in [-0.15, -0.1) is 0 Å². The standard InChI is InChI=1S/C14H16N2OS/c1-10(15)11-6-5-9-16-14(11)18-13-8-4-3-7-12(13)17-2/h3-10H,15H2,1-2H3/t10-/m0/s1. The number of aromatic nitrogens is 1. The number of ether oxygens (including phenoxy) is 1. The third-order valence-corrected chi connectivity index (χ3v) is 3.66. The first-order chi connectivity index (χ1) is 8.72. The Hall–Kier alpha value is -1.52. The molecule has 0 fully saturated rings. The molecular weight excluding hydrogens is 244 g/mol. The van der Waals surface area contributed by atoms with Crippen LogP contribution in [0, 0.1) is 0 Å². The highest BCUT2D eigenvalue weighted by atomic mass is 32.2. The lowest BCUT2D eigenvalue weighted by molar-refractivity contribution is 0.405. The van der Waals surface area contributed by atoms with Crippen LogP contribution in [0.15, 0.2) is 52.5 Å². The normalized spacial score (nSPS) is 12.2. The summed E-state index contributed by atoms with van der Waals surface area (Å²) < 4.78 is 5.34. The second kappa shape index (κ2) is 5.89. The Bertz CT molecular complexity index is 529. The minimum Gasteiger partial charge on any atom is -0.496 e. The molecule has 0 unspecified atom stereocenters. The second-order valence-corrected chi connectivity index (χ2v) is 4.97. The minimum absolute atomic E-state index is 0.0316. The first-order valence-corrected chi connectivity index (χ1v) is 6.55. The van der Waals surface area contributed by atoms with Crippen molar-refractivity contribution >= 4 is 11.8 Å². The second-order valence-electron chi connectivity index (χ2n) is 3.94. The van der Waals surface area contributed by atoms with Crippen molar-refractivity contribution in [3.63, 3.8) is 0 Å². The molecule has 0 radical (unpaired) electrons. The fraction of sp³-hybridized carbons (Fsp3) is 0.214. The van der Waals surface area contributed by atoms with Crippen LogP contribution in [0.25, 0.3) is 0 Å². The molecule has 2 rings (SSSR count). The smallest absolute Gasteiger partial charge is 0.132 e. The highest BCUT2D eigenvalue weighted by molar-refractivity contribution is 7.99. The van der Waals surface area contributed by atoms with Crippen molar-refractivity contribution in [3.05, 3.63) is 48.2 Å². The van der Waals surface area contributed by atoms with E-state index in [2.05, 4.69) is 4.98 Å². The lowest BCUT2D eigenvalue weighted by Gasteiger charge is -2.12. The van der Waals surface area contributed by atoms with Gasteiger partial charge in [0, 0.05) is 17.8 Å². The van der Waals surface area contributed by atoms with Crippen molar-refractivity contribution in [3.8, 4) is 5.75 Å². The average Bonchev–Trinajstić information content (AvgIpc) is 2.40. The Labute approximate surface area is 111 Å². The predicted molar refractivity (Wildman–Crippen MR) is 74.0 cm³/mol. The maximum Gasteiger partial charge on any atom is 0.132 e. The van der Waals surface area contributed by atoms with Gasteiger partial charge in [-0.05, 0) is 25.1 Å². The molecular formula is C14H16N2OS. The molecule has 0 aliphatic heterocycles. The molecule has 1 heterocycles. The fourth-order valence-electron chi connectivity index (χ4n) is 1.64. The molecule has 94 valence electrons. The first-order valence-electron chi connectivity index (χ1n) is 5.73. The maximum absolute atomic E-state index is 5.95. The van der Waals surface area contributed by atoms with Crippen molar-refractivity contribution in [1.29, 1.82) is 0 Å². The van der Waals surface area contributed by atoms with Crippen molar-refractivity contribution in [2.75, 3.05) is 7.11 Å². The van der Waals surface area contributed by atoms with Gasteiger partial charge in [-0.3, -0.25) is 0 Å². The van der Waals surface area contributed by atoms with Crippen molar-refractivity contribution in [2.45, 2.75) is 22.9 Å². The summed E-state index contributed by atoms with van der Waals surface area (Å²) in [5.41, 5.74) is 7.00. The van der Waals surface area contributed by atoms with Crippen LogP contribution in [0.3, 0.4) is 0 Å². The van der Waals surface area contributed by atoms with E-state index in [4.69, 9.17) is 10.5 Å².